The topological polar surface area (TPSA) is 54.3 Å². The Bertz CT molecular complexity index is 1460. The number of hydrogen-bond acceptors (Lipinski definition) is 2. The summed E-state index contributed by atoms with van der Waals surface area (Å²) < 4.78 is 2.03. The fourth-order valence-electron chi connectivity index (χ4n) is 6.05. The van der Waals surface area contributed by atoms with Gasteiger partial charge in [-0.25, -0.2) is 0 Å². The smallest absolute Gasteiger partial charge is 0.272 e. The third kappa shape index (κ3) is 4.21. The lowest BCUT2D eigenvalue weighted by molar-refractivity contribution is -0.136. The molecule has 1 aromatic heterocycles. The molecule has 1 saturated carbocycles. The lowest BCUT2D eigenvalue weighted by Gasteiger charge is -2.47. The maximum atomic E-state index is 14.5. The lowest BCUT2D eigenvalue weighted by atomic mass is 9.83. The Morgan fingerprint density at radius 1 is 0.919 bits per heavy atom. The van der Waals surface area contributed by atoms with E-state index in [1.165, 1.54) is 6.42 Å². The molecule has 0 bridgehead atoms. The van der Waals surface area contributed by atoms with Crippen LogP contribution in [0.2, 0.25) is 5.02 Å². The highest BCUT2D eigenvalue weighted by Gasteiger charge is 2.52. The molecule has 37 heavy (non-hydrogen) atoms. The van der Waals surface area contributed by atoms with E-state index in [0.717, 1.165) is 47.7 Å². The van der Waals surface area contributed by atoms with Crippen LogP contribution in [0.3, 0.4) is 0 Å². The highest BCUT2D eigenvalue weighted by molar-refractivity contribution is 6.30. The van der Waals surface area contributed by atoms with Crippen LogP contribution in [0.4, 0.5) is 0 Å². The summed E-state index contributed by atoms with van der Waals surface area (Å²) in [6, 6.07) is 27.3. The first-order valence-corrected chi connectivity index (χ1v) is 13.5. The van der Waals surface area contributed by atoms with Gasteiger partial charge in [0.05, 0.1) is 6.54 Å². The van der Waals surface area contributed by atoms with Gasteiger partial charge >= 0.3 is 0 Å². The van der Waals surface area contributed by atoms with Crippen molar-refractivity contribution in [1.29, 1.82) is 0 Å². The molecular weight excluding hydrogens is 482 g/mol. The van der Waals surface area contributed by atoms with E-state index in [1.807, 2.05) is 89.5 Å². The molecule has 3 aromatic carbocycles. The second kappa shape index (κ2) is 9.71. The zero-order valence-electron chi connectivity index (χ0n) is 20.7. The van der Waals surface area contributed by atoms with Crippen LogP contribution in [0.15, 0.2) is 84.9 Å². The number of para-hydroxylation sites is 1. The van der Waals surface area contributed by atoms with E-state index in [1.54, 1.807) is 4.90 Å². The summed E-state index contributed by atoms with van der Waals surface area (Å²) in [6.45, 7) is 0.610. The molecule has 2 aliphatic rings. The van der Waals surface area contributed by atoms with Crippen molar-refractivity contribution in [2.45, 2.75) is 56.8 Å². The number of rotatable bonds is 5. The largest absolute Gasteiger partial charge is 0.351 e. The zero-order chi connectivity index (χ0) is 25.4. The minimum absolute atomic E-state index is 0.118. The first-order chi connectivity index (χ1) is 18.1. The number of benzene rings is 3. The summed E-state index contributed by atoms with van der Waals surface area (Å²) >= 11 is 6.33. The van der Waals surface area contributed by atoms with Gasteiger partial charge in [-0.2, -0.15) is 0 Å². The fourth-order valence-corrected chi connectivity index (χ4v) is 6.26. The van der Waals surface area contributed by atoms with Crippen LogP contribution in [0.25, 0.3) is 10.9 Å². The minimum Gasteiger partial charge on any atom is -0.351 e. The normalized spacial score (nSPS) is 20.1. The molecule has 0 saturated heterocycles. The van der Waals surface area contributed by atoms with Crippen molar-refractivity contribution in [3.63, 3.8) is 0 Å². The summed E-state index contributed by atoms with van der Waals surface area (Å²) in [5.41, 5.74) is 2.03. The Balaban J connectivity index is 1.54. The first-order valence-electron chi connectivity index (χ1n) is 13.1. The molecular formula is C31H30ClN3O2. The second-order valence-corrected chi connectivity index (χ2v) is 10.7. The van der Waals surface area contributed by atoms with Crippen LogP contribution in [0, 0.1) is 0 Å². The van der Waals surface area contributed by atoms with Crippen LogP contribution < -0.4 is 5.32 Å². The molecule has 2 amide bonds. The van der Waals surface area contributed by atoms with Crippen LogP contribution >= 0.6 is 11.6 Å². The summed E-state index contributed by atoms with van der Waals surface area (Å²) in [4.78, 5) is 30.6. The highest BCUT2D eigenvalue weighted by Crippen LogP contribution is 2.40. The van der Waals surface area contributed by atoms with Crippen LogP contribution in [-0.4, -0.2) is 27.3 Å². The van der Waals surface area contributed by atoms with Crippen molar-refractivity contribution in [2.75, 3.05) is 0 Å². The van der Waals surface area contributed by atoms with E-state index in [4.69, 9.17) is 11.6 Å². The molecule has 1 aliphatic heterocycles. The summed E-state index contributed by atoms with van der Waals surface area (Å²) in [7, 11) is 0. The Morgan fingerprint density at radius 3 is 2.46 bits per heavy atom. The van der Waals surface area contributed by atoms with Crippen molar-refractivity contribution < 1.29 is 9.59 Å². The quantitative estimate of drug-likeness (QED) is 0.342. The molecule has 6 heteroatoms. The van der Waals surface area contributed by atoms with Gasteiger partial charge in [-0.15, -0.1) is 0 Å². The number of hydrogen-bond donors (Lipinski definition) is 1. The van der Waals surface area contributed by atoms with Crippen molar-refractivity contribution in [3.8, 4) is 0 Å². The number of aromatic nitrogens is 1. The summed E-state index contributed by atoms with van der Waals surface area (Å²) in [5, 5.41) is 4.97. The van der Waals surface area contributed by atoms with Crippen molar-refractivity contribution in [2.24, 2.45) is 0 Å². The van der Waals surface area contributed by atoms with E-state index in [9.17, 15) is 9.59 Å². The highest BCUT2D eigenvalue weighted by atomic mass is 35.5. The second-order valence-electron chi connectivity index (χ2n) is 10.2. The monoisotopic (exact) mass is 511 g/mol. The van der Waals surface area contributed by atoms with Gasteiger partial charge in [0, 0.05) is 28.5 Å². The van der Waals surface area contributed by atoms with Gasteiger partial charge in [0.15, 0.2) is 5.54 Å². The molecule has 188 valence electrons. The van der Waals surface area contributed by atoms with E-state index >= 15 is 0 Å². The number of carbonyl (C=O) groups excluding carboxylic acids is 2. The van der Waals surface area contributed by atoms with Gasteiger partial charge in [0.1, 0.15) is 5.69 Å². The van der Waals surface area contributed by atoms with Crippen molar-refractivity contribution in [3.05, 3.63) is 107 Å². The molecule has 5 nitrogen and oxygen atoms in total. The number of nitrogens with zero attached hydrogens (tertiary/aromatic N) is 2. The Morgan fingerprint density at radius 2 is 1.68 bits per heavy atom. The molecule has 0 radical (unpaired) electrons. The molecule has 0 spiro atoms. The SMILES string of the molecule is O=C1c2cc3ccccc3n2C[C@@](C(=O)NC2CCCCC2)(c2ccccc2)N1Cc1cccc(Cl)c1. The van der Waals surface area contributed by atoms with Gasteiger partial charge in [-0.1, -0.05) is 91.5 Å². The van der Waals surface area contributed by atoms with E-state index < -0.39 is 5.54 Å². The van der Waals surface area contributed by atoms with Crippen molar-refractivity contribution in [1.82, 2.24) is 14.8 Å². The van der Waals surface area contributed by atoms with Gasteiger partial charge in [-0.3, -0.25) is 9.59 Å². The Labute approximate surface area is 222 Å². The minimum atomic E-state index is -1.22. The van der Waals surface area contributed by atoms with E-state index in [0.29, 0.717) is 17.3 Å². The molecule has 4 aromatic rings. The number of carbonyl (C=O) groups is 2. The van der Waals surface area contributed by atoms with Crippen LogP contribution in [0.1, 0.15) is 53.7 Å². The predicted molar refractivity (Wildman–Crippen MR) is 146 cm³/mol. The summed E-state index contributed by atoms with van der Waals surface area (Å²) in [5.74, 6) is -0.283. The maximum absolute atomic E-state index is 14.5. The number of halogens is 1. The van der Waals surface area contributed by atoms with Gasteiger partial charge in [0.25, 0.3) is 11.8 Å². The van der Waals surface area contributed by atoms with E-state index in [-0.39, 0.29) is 24.4 Å². The van der Waals surface area contributed by atoms with Crippen LogP contribution in [0.5, 0.6) is 0 Å². The molecule has 2 heterocycles. The zero-order valence-corrected chi connectivity index (χ0v) is 21.5. The lowest BCUT2D eigenvalue weighted by Crippen LogP contribution is -2.64. The molecule has 1 fully saturated rings. The first kappa shape index (κ1) is 23.8. The summed E-state index contributed by atoms with van der Waals surface area (Å²) in [6.07, 6.45) is 5.36. The van der Waals surface area contributed by atoms with Gasteiger partial charge in [-0.05, 0) is 48.2 Å². The predicted octanol–water partition coefficient (Wildman–Crippen LogP) is 6.30. The average Bonchev–Trinajstić information content (AvgIpc) is 3.30. The molecule has 1 atom stereocenters. The van der Waals surface area contributed by atoms with Gasteiger partial charge < -0.3 is 14.8 Å². The van der Waals surface area contributed by atoms with Crippen LogP contribution in [-0.2, 0) is 23.4 Å². The Hall–Kier alpha value is -3.57. The maximum Gasteiger partial charge on any atom is 0.272 e. The number of fused-ring (bicyclic) bond motifs is 3. The fraction of sp³-hybridized carbons (Fsp3) is 0.290. The average molecular weight is 512 g/mol. The molecule has 0 unspecified atom stereocenters. The van der Waals surface area contributed by atoms with Crippen molar-refractivity contribution >= 4 is 34.3 Å². The van der Waals surface area contributed by atoms with Gasteiger partial charge in [0.2, 0.25) is 0 Å². The third-order valence-electron chi connectivity index (χ3n) is 7.92. The Kier molecular flexibility index (Phi) is 6.25. The molecule has 6 rings (SSSR count). The number of nitrogens with one attached hydrogen (secondary N) is 1. The number of amides is 2. The standard InChI is InChI=1S/C31H30ClN3O2/c32-25-14-9-10-22(18-25)20-35-29(36)28-19-23-11-7-8-17-27(23)34(28)21-31(35,24-12-3-1-4-13-24)30(37)33-26-15-5-2-6-16-26/h1,3-4,7-14,17-19,26H,2,5-6,15-16,20-21H2,(H,33,37)/t31-/m0/s1. The third-order valence-corrected chi connectivity index (χ3v) is 8.15. The molecule has 1 N–H and O–H groups in total. The van der Waals surface area contributed by atoms with E-state index in [2.05, 4.69) is 5.32 Å². The molecule has 1 aliphatic carbocycles.